The highest BCUT2D eigenvalue weighted by Gasteiger charge is 2.17. The van der Waals surface area contributed by atoms with Crippen LogP contribution in [0.1, 0.15) is 25.7 Å². The van der Waals surface area contributed by atoms with Crippen molar-refractivity contribution in [1.29, 1.82) is 0 Å². The zero-order valence-corrected chi connectivity index (χ0v) is 10.0. The molecule has 94 valence electrons. The topological polar surface area (TPSA) is 44.7 Å². The van der Waals surface area contributed by atoms with Crippen LogP contribution >= 0.6 is 0 Å². The molecule has 4 heteroatoms. The molecule has 0 amide bonds. The molecule has 2 fully saturated rings. The summed E-state index contributed by atoms with van der Waals surface area (Å²) in [5.74, 6) is 0. The molecule has 2 atom stereocenters. The van der Waals surface area contributed by atoms with Crippen molar-refractivity contribution in [3.63, 3.8) is 0 Å². The van der Waals surface area contributed by atoms with Gasteiger partial charge in [0.25, 0.3) is 0 Å². The Morgan fingerprint density at radius 1 is 1.31 bits per heavy atom. The molecule has 0 aromatic carbocycles. The first kappa shape index (κ1) is 12.3. The van der Waals surface area contributed by atoms with Gasteiger partial charge in [0.15, 0.2) is 0 Å². The zero-order chi connectivity index (χ0) is 11.2. The summed E-state index contributed by atoms with van der Waals surface area (Å²) in [6.07, 6.45) is 5.06. The third-order valence-corrected chi connectivity index (χ3v) is 3.44. The van der Waals surface area contributed by atoms with E-state index < -0.39 is 0 Å². The fraction of sp³-hybridized carbons (Fsp3) is 1.00. The van der Waals surface area contributed by atoms with Gasteiger partial charge in [0.05, 0.1) is 12.2 Å². The molecule has 2 aliphatic rings. The number of aliphatic hydroxyl groups excluding tert-OH is 1. The van der Waals surface area contributed by atoms with Crippen LogP contribution < -0.4 is 5.32 Å². The minimum Gasteiger partial charge on any atom is -0.390 e. The van der Waals surface area contributed by atoms with E-state index in [1.165, 1.54) is 19.3 Å². The lowest BCUT2D eigenvalue weighted by Gasteiger charge is -2.20. The van der Waals surface area contributed by atoms with Crippen LogP contribution in [0, 0.1) is 0 Å². The van der Waals surface area contributed by atoms with Gasteiger partial charge in [0.1, 0.15) is 0 Å². The van der Waals surface area contributed by atoms with Gasteiger partial charge < -0.3 is 20.1 Å². The highest BCUT2D eigenvalue weighted by atomic mass is 16.5. The molecule has 4 nitrogen and oxygen atoms in total. The lowest BCUT2D eigenvalue weighted by atomic mass is 10.2. The van der Waals surface area contributed by atoms with Gasteiger partial charge in [-0.1, -0.05) is 0 Å². The molecule has 0 spiro atoms. The Bertz CT molecular complexity index is 189. The van der Waals surface area contributed by atoms with Crippen molar-refractivity contribution in [3.8, 4) is 0 Å². The van der Waals surface area contributed by atoms with E-state index in [1.54, 1.807) is 0 Å². The summed E-state index contributed by atoms with van der Waals surface area (Å²) in [5, 5.41) is 13.1. The highest BCUT2D eigenvalue weighted by Crippen LogP contribution is 2.10. The van der Waals surface area contributed by atoms with Crippen LogP contribution in [0.3, 0.4) is 0 Å². The number of rotatable bonds is 6. The molecule has 2 rings (SSSR count). The normalized spacial score (nSPS) is 28.7. The second-order valence-electron chi connectivity index (χ2n) is 4.95. The minimum absolute atomic E-state index is 0.237. The van der Waals surface area contributed by atoms with Gasteiger partial charge in [0, 0.05) is 26.2 Å². The van der Waals surface area contributed by atoms with Crippen molar-refractivity contribution < 1.29 is 9.84 Å². The van der Waals surface area contributed by atoms with Gasteiger partial charge >= 0.3 is 0 Å². The second kappa shape index (κ2) is 6.55. The Balaban J connectivity index is 1.51. The van der Waals surface area contributed by atoms with Crippen molar-refractivity contribution in [2.75, 3.05) is 39.3 Å². The van der Waals surface area contributed by atoms with Crippen LogP contribution in [0.4, 0.5) is 0 Å². The van der Waals surface area contributed by atoms with Gasteiger partial charge in [-0.3, -0.25) is 0 Å². The maximum absolute atomic E-state index is 9.84. The number of ether oxygens (including phenoxy) is 1. The molecule has 2 heterocycles. The third kappa shape index (κ3) is 4.01. The minimum atomic E-state index is -0.237. The lowest BCUT2D eigenvalue weighted by molar-refractivity contribution is 0.0954. The molecule has 0 saturated carbocycles. The van der Waals surface area contributed by atoms with Crippen molar-refractivity contribution in [3.05, 3.63) is 0 Å². The zero-order valence-electron chi connectivity index (χ0n) is 10.0. The third-order valence-electron chi connectivity index (χ3n) is 3.44. The molecule has 16 heavy (non-hydrogen) atoms. The van der Waals surface area contributed by atoms with Crippen molar-refractivity contribution in [2.24, 2.45) is 0 Å². The number of aliphatic hydroxyl groups is 1. The smallest absolute Gasteiger partial charge is 0.0791 e. The summed E-state index contributed by atoms with van der Waals surface area (Å²) in [6, 6.07) is 0. The van der Waals surface area contributed by atoms with Crippen molar-refractivity contribution >= 4 is 0 Å². The van der Waals surface area contributed by atoms with E-state index in [9.17, 15) is 5.11 Å². The molecule has 0 aromatic heterocycles. The van der Waals surface area contributed by atoms with E-state index in [0.29, 0.717) is 12.6 Å². The molecule has 0 radical (unpaired) electrons. The van der Waals surface area contributed by atoms with Gasteiger partial charge in [-0.2, -0.15) is 0 Å². The number of likely N-dealkylation sites (tertiary alicyclic amines) is 1. The molecule has 0 bridgehead atoms. The fourth-order valence-electron chi connectivity index (χ4n) is 2.54. The van der Waals surface area contributed by atoms with Crippen LogP contribution in [0.5, 0.6) is 0 Å². The highest BCUT2D eigenvalue weighted by molar-refractivity contribution is 4.73. The summed E-state index contributed by atoms with van der Waals surface area (Å²) in [7, 11) is 0. The molecule has 0 aromatic rings. The Kier molecular flexibility index (Phi) is 5.03. The first-order valence-corrected chi connectivity index (χ1v) is 6.57. The molecule has 2 saturated heterocycles. The lowest BCUT2D eigenvalue weighted by Crippen LogP contribution is -2.39. The maximum Gasteiger partial charge on any atom is 0.0791 e. The van der Waals surface area contributed by atoms with Gasteiger partial charge in [-0.15, -0.1) is 0 Å². The predicted molar refractivity (Wildman–Crippen MR) is 63.5 cm³/mol. The summed E-state index contributed by atoms with van der Waals surface area (Å²) < 4.78 is 5.51. The molecule has 0 aliphatic carbocycles. The molecular weight excluding hydrogens is 204 g/mol. The van der Waals surface area contributed by atoms with E-state index in [1.807, 2.05) is 0 Å². The number of nitrogens with zero attached hydrogens (tertiary/aromatic N) is 1. The van der Waals surface area contributed by atoms with Crippen LogP contribution in [-0.4, -0.2) is 61.5 Å². The second-order valence-corrected chi connectivity index (χ2v) is 4.95. The number of β-amino-alcohol motifs (C(OH)–C–C–N with tert-alkyl or cyclic N) is 1. The largest absolute Gasteiger partial charge is 0.390 e. The van der Waals surface area contributed by atoms with E-state index in [0.717, 1.165) is 39.2 Å². The Morgan fingerprint density at radius 2 is 2.12 bits per heavy atom. The summed E-state index contributed by atoms with van der Waals surface area (Å²) >= 11 is 0. The van der Waals surface area contributed by atoms with E-state index >= 15 is 0 Å². The van der Waals surface area contributed by atoms with E-state index in [-0.39, 0.29) is 6.10 Å². The summed E-state index contributed by atoms with van der Waals surface area (Å²) in [6.45, 7) is 5.61. The maximum atomic E-state index is 9.84. The van der Waals surface area contributed by atoms with Gasteiger partial charge in [-0.25, -0.2) is 0 Å². The number of hydrogen-bond donors (Lipinski definition) is 2. The summed E-state index contributed by atoms with van der Waals surface area (Å²) in [5.41, 5.74) is 0. The van der Waals surface area contributed by atoms with Crippen LogP contribution in [0.15, 0.2) is 0 Å². The Hall–Kier alpha value is -0.160. The SMILES string of the molecule is OC(CNCC1CCCO1)CN1CCCC1. The predicted octanol–water partition coefficient (Wildman–Crippen LogP) is 0.212. The quantitative estimate of drug-likeness (QED) is 0.682. The Morgan fingerprint density at radius 3 is 2.81 bits per heavy atom. The first-order valence-electron chi connectivity index (χ1n) is 6.57. The molecule has 2 N–H and O–H groups in total. The van der Waals surface area contributed by atoms with E-state index in [2.05, 4.69) is 10.2 Å². The molecule has 2 unspecified atom stereocenters. The van der Waals surface area contributed by atoms with Crippen LogP contribution in [-0.2, 0) is 4.74 Å². The fourth-order valence-corrected chi connectivity index (χ4v) is 2.54. The number of nitrogens with one attached hydrogen (secondary N) is 1. The summed E-state index contributed by atoms with van der Waals surface area (Å²) in [4.78, 5) is 2.35. The molecular formula is C12H24N2O2. The average Bonchev–Trinajstić information content (AvgIpc) is 2.90. The molecule has 2 aliphatic heterocycles. The van der Waals surface area contributed by atoms with Crippen LogP contribution in [0.2, 0.25) is 0 Å². The number of hydrogen-bond acceptors (Lipinski definition) is 4. The van der Waals surface area contributed by atoms with E-state index in [4.69, 9.17) is 4.74 Å². The monoisotopic (exact) mass is 228 g/mol. The first-order chi connectivity index (χ1) is 7.84. The van der Waals surface area contributed by atoms with Gasteiger partial charge in [0.2, 0.25) is 0 Å². The average molecular weight is 228 g/mol. The van der Waals surface area contributed by atoms with Crippen LogP contribution in [0.25, 0.3) is 0 Å². The van der Waals surface area contributed by atoms with Crippen molar-refractivity contribution in [2.45, 2.75) is 37.9 Å². The van der Waals surface area contributed by atoms with Crippen molar-refractivity contribution in [1.82, 2.24) is 10.2 Å². The standard InChI is InChI=1S/C12H24N2O2/c15-11(10-14-5-1-2-6-14)8-13-9-12-4-3-7-16-12/h11-13,15H,1-10H2. The van der Waals surface area contributed by atoms with Gasteiger partial charge in [-0.05, 0) is 38.8 Å². The Labute approximate surface area is 98.0 Å².